The second-order valence-electron chi connectivity index (χ2n) is 5.79. The number of fused-ring (bicyclic) bond motifs is 1. The van der Waals surface area contributed by atoms with Crippen LogP contribution in [0.15, 0.2) is 48.9 Å². The summed E-state index contributed by atoms with van der Waals surface area (Å²) in [4.78, 5) is 0. The lowest BCUT2D eigenvalue weighted by Gasteiger charge is -2.15. The number of ether oxygens (including phenoxy) is 3. The Bertz CT molecular complexity index is 1070. The molecule has 0 atom stereocenters. The van der Waals surface area contributed by atoms with Gasteiger partial charge in [0.1, 0.15) is 5.75 Å². The van der Waals surface area contributed by atoms with Gasteiger partial charge < -0.3 is 14.2 Å². The number of aromatic nitrogens is 4. The number of hydrogen-bond acceptors (Lipinski definition) is 5. The Kier molecular flexibility index (Phi) is 3.96. The van der Waals surface area contributed by atoms with Crippen LogP contribution in [-0.4, -0.2) is 34.2 Å². The lowest BCUT2D eigenvalue weighted by Crippen LogP contribution is -1.95. The number of aromatic amines is 1. The van der Waals surface area contributed by atoms with Gasteiger partial charge in [0.15, 0.2) is 17.2 Å². The van der Waals surface area contributed by atoms with E-state index in [1.165, 1.54) is 0 Å². The van der Waals surface area contributed by atoms with E-state index >= 15 is 0 Å². The van der Waals surface area contributed by atoms with Crippen LogP contribution in [-0.2, 0) is 7.05 Å². The maximum absolute atomic E-state index is 6.10. The van der Waals surface area contributed by atoms with Gasteiger partial charge in [-0.3, -0.25) is 9.78 Å². The second kappa shape index (κ2) is 6.44. The molecular formula is C19H18N4O3. The van der Waals surface area contributed by atoms with Gasteiger partial charge in [0.2, 0.25) is 0 Å². The van der Waals surface area contributed by atoms with Crippen molar-refractivity contribution in [1.82, 2.24) is 20.0 Å². The van der Waals surface area contributed by atoms with Gasteiger partial charge in [-0.25, -0.2) is 0 Å². The lowest BCUT2D eigenvalue weighted by molar-refractivity contribution is 0.352. The van der Waals surface area contributed by atoms with E-state index in [1.807, 2.05) is 37.4 Å². The highest BCUT2D eigenvalue weighted by Gasteiger charge is 2.17. The fourth-order valence-electron chi connectivity index (χ4n) is 2.94. The predicted molar refractivity (Wildman–Crippen MR) is 97.9 cm³/mol. The summed E-state index contributed by atoms with van der Waals surface area (Å²) in [5.74, 6) is 2.50. The summed E-state index contributed by atoms with van der Waals surface area (Å²) in [6.45, 7) is 0. The number of H-pyrrole nitrogens is 1. The molecule has 0 fully saturated rings. The third-order valence-electron chi connectivity index (χ3n) is 4.17. The first kappa shape index (κ1) is 16.0. The Labute approximate surface area is 150 Å². The molecule has 4 aromatic rings. The van der Waals surface area contributed by atoms with Crippen molar-refractivity contribution in [3.8, 4) is 34.1 Å². The monoisotopic (exact) mass is 350 g/mol. The van der Waals surface area contributed by atoms with Crippen molar-refractivity contribution in [2.45, 2.75) is 0 Å². The molecule has 7 nitrogen and oxygen atoms in total. The fraction of sp³-hybridized carbons (Fsp3) is 0.158. The van der Waals surface area contributed by atoms with Gasteiger partial charge in [0, 0.05) is 24.1 Å². The number of benzene rings is 2. The van der Waals surface area contributed by atoms with Crippen LogP contribution in [0.1, 0.15) is 0 Å². The summed E-state index contributed by atoms with van der Waals surface area (Å²) in [5, 5.41) is 12.3. The van der Waals surface area contributed by atoms with Crippen LogP contribution in [0.4, 0.5) is 0 Å². The molecule has 0 spiro atoms. The molecule has 1 N–H and O–H groups in total. The molecular weight excluding hydrogens is 332 g/mol. The van der Waals surface area contributed by atoms with E-state index in [0.29, 0.717) is 23.0 Å². The second-order valence-corrected chi connectivity index (χ2v) is 5.79. The Morgan fingerprint density at radius 1 is 0.962 bits per heavy atom. The smallest absolute Gasteiger partial charge is 0.165 e. The highest BCUT2D eigenvalue weighted by atomic mass is 16.5. The predicted octanol–water partition coefficient (Wildman–Crippen LogP) is 3.77. The molecule has 4 rings (SSSR count). The van der Waals surface area contributed by atoms with E-state index in [-0.39, 0.29) is 0 Å². The summed E-state index contributed by atoms with van der Waals surface area (Å²) >= 11 is 0. The van der Waals surface area contributed by atoms with Crippen LogP contribution in [0.2, 0.25) is 0 Å². The Morgan fingerprint density at radius 3 is 2.50 bits per heavy atom. The number of rotatable bonds is 5. The van der Waals surface area contributed by atoms with Crippen molar-refractivity contribution >= 4 is 10.9 Å². The molecule has 2 aromatic carbocycles. The molecule has 0 saturated carbocycles. The minimum atomic E-state index is 0.592. The maximum atomic E-state index is 6.10. The van der Waals surface area contributed by atoms with Gasteiger partial charge in [-0.2, -0.15) is 10.2 Å². The van der Waals surface area contributed by atoms with E-state index in [0.717, 1.165) is 22.0 Å². The van der Waals surface area contributed by atoms with E-state index in [9.17, 15) is 0 Å². The van der Waals surface area contributed by atoms with Gasteiger partial charge in [-0.05, 0) is 17.7 Å². The minimum absolute atomic E-state index is 0.592. The van der Waals surface area contributed by atoms with Crippen molar-refractivity contribution in [3.63, 3.8) is 0 Å². The zero-order valence-electron chi connectivity index (χ0n) is 14.7. The Hall–Kier alpha value is -3.48. The van der Waals surface area contributed by atoms with Gasteiger partial charge >= 0.3 is 0 Å². The molecule has 0 aliphatic heterocycles. The number of nitrogens with zero attached hydrogens (tertiary/aromatic N) is 3. The molecule has 0 aliphatic carbocycles. The van der Waals surface area contributed by atoms with Crippen LogP contribution in [0.3, 0.4) is 0 Å². The SMILES string of the molecule is COc1cc(Oc2cnn(C)c2)c(-c2cccc3[nH]ncc23)cc1OC. The van der Waals surface area contributed by atoms with Gasteiger partial charge in [-0.1, -0.05) is 12.1 Å². The number of hydrogen-bond donors (Lipinski definition) is 1. The fourth-order valence-corrected chi connectivity index (χ4v) is 2.94. The van der Waals surface area contributed by atoms with Crippen LogP contribution in [0.5, 0.6) is 23.0 Å². The summed E-state index contributed by atoms with van der Waals surface area (Å²) < 4.78 is 18.7. The Balaban J connectivity index is 1.92. The Morgan fingerprint density at radius 2 is 1.77 bits per heavy atom. The number of aryl methyl sites for hydroxylation is 1. The molecule has 0 radical (unpaired) electrons. The van der Waals surface area contributed by atoms with Crippen molar-refractivity contribution in [2.24, 2.45) is 7.05 Å². The quantitative estimate of drug-likeness (QED) is 0.593. The lowest BCUT2D eigenvalue weighted by atomic mass is 10.0. The first-order valence-electron chi connectivity index (χ1n) is 8.04. The highest BCUT2D eigenvalue weighted by molar-refractivity contribution is 5.96. The molecule has 0 saturated heterocycles. The summed E-state index contributed by atoms with van der Waals surface area (Å²) in [7, 11) is 5.05. The largest absolute Gasteiger partial charge is 0.493 e. The highest BCUT2D eigenvalue weighted by Crippen LogP contribution is 2.43. The van der Waals surface area contributed by atoms with Crippen LogP contribution >= 0.6 is 0 Å². The van der Waals surface area contributed by atoms with Gasteiger partial charge in [0.25, 0.3) is 0 Å². The minimum Gasteiger partial charge on any atom is -0.493 e. The van der Waals surface area contributed by atoms with E-state index in [2.05, 4.69) is 15.3 Å². The van der Waals surface area contributed by atoms with Crippen LogP contribution in [0.25, 0.3) is 22.0 Å². The molecule has 0 bridgehead atoms. The van der Waals surface area contributed by atoms with Crippen molar-refractivity contribution in [3.05, 3.63) is 48.9 Å². The average molecular weight is 350 g/mol. The van der Waals surface area contributed by atoms with Crippen LogP contribution < -0.4 is 14.2 Å². The first-order chi connectivity index (χ1) is 12.7. The zero-order valence-corrected chi connectivity index (χ0v) is 14.7. The zero-order chi connectivity index (χ0) is 18.1. The third kappa shape index (κ3) is 2.73. The van der Waals surface area contributed by atoms with Crippen LogP contribution in [0, 0.1) is 0 Å². The maximum Gasteiger partial charge on any atom is 0.165 e. The topological polar surface area (TPSA) is 74.2 Å². The molecule has 0 amide bonds. The standard InChI is InChI=1S/C19H18N4O3/c1-23-11-12(9-21-23)26-17-8-19(25-3)18(24-2)7-14(17)13-5-4-6-16-15(13)10-20-22-16/h4-11H,1-3H3,(H,20,22). The molecule has 132 valence electrons. The normalized spacial score (nSPS) is 10.9. The van der Waals surface area contributed by atoms with E-state index in [4.69, 9.17) is 14.2 Å². The first-order valence-corrected chi connectivity index (χ1v) is 8.04. The summed E-state index contributed by atoms with van der Waals surface area (Å²) in [6, 6.07) is 9.70. The molecule has 7 heteroatoms. The van der Waals surface area contributed by atoms with E-state index < -0.39 is 0 Å². The molecule has 26 heavy (non-hydrogen) atoms. The summed E-state index contributed by atoms with van der Waals surface area (Å²) in [5.41, 5.74) is 2.80. The number of nitrogens with one attached hydrogen (secondary N) is 1. The van der Waals surface area contributed by atoms with Crippen molar-refractivity contribution in [2.75, 3.05) is 14.2 Å². The van der Waals surface area contributed by atoms with Gasteiger partial charge in [0.05, 0.1) is 38.3 Å². The molecule has 2 aromatic heterocycles. The summed E-state index contributed by atoms with van der Waals surface area (Å²) in [6.07, 6.45) is 5.27. The third-order valence-corrected chi connectivity index (χ3v) is 4.17. The average Bonchev–Trinajstić information content (AvgIpc) is 3.30. The molecule has 0 aliphatic rings. The van der Waals surface area contributed by atoms with Crippen molar-refractivity contribution < 1.29 is 14.2 Å². The number of methoxy groups -OCH3 is 2. The molecule has 0 unspecified atom stereocenters. The van der Waals surface area contributed by atoms with E-state index in [1.54, 1.807) is 37.5 Å². The van der Waals surface area contributed by atoms with Crippen molar-refractivity contribution in [1.29, 1.82) is 0 Å². The van der Waals surface area contributed by atoms with Gasteiger partial charge in [-0.15, -0.1) is 0 Å². The molecule has 2 heterocycles.